The van der Waals surface area contributed by atoms with Crippen molar-refractivity contribution in [3.05, 3.63) is 29.6 Å². The summed E-state index contributed by atoms with van der Waals surface area (Å²) in [4.78, 5) is 0. The number of nitrogens with one attached hydrogen (secondary N) is 1. The van der Waals surface area contributed by atoms with Crippen LogP contribution in [0.15, 0.2) is 23.9 Å². The maximum atomic E-state index is 5.85. The van der Waals surface area contributed by atoms with Gasteiger partial charge in [-0.25, -0.2) is 4.68 Å². The van der Waals surface area contributed by atoms with Crippen molar-refractivity contribution in [1.29, 1.82) is 0 Å². The molecule has 0 aliphatic rings. The Morgan fingerprint density at radius 1 is 1.56 bits per heavy atom. The van der Waals surface area contributed by atoms with Gasteiger partial charge in [0, 0.05) is 24.8 Å². The van der Waals surface area contributed by atoms with Gasteiger partial charge in [-0.1, -0.05) is 23.4 Å². The monoisotopic (exact) mass is 266 g/mol. The zero-order valence-electron chi connectivity index (χ0n) is 10.4. The smallest absolute Gasteiger partial charge is 0.112 e. The van der Waals surface area contributed by atoms with Crippen LogP contribution in [0.5, 0.6) is 0 Å². The third-order valence-electron chi connectivity index (χ3n) is 2.53. The average Bonchev–Trinajstić information content (AvgIpc) is 2.86. The van der Waals surface area contributed by atoms with E-state index in [9.17, 15) is 0 Å². The standard InChI is InChI=1S/C11H15ClN6/c1-8(12)7-18-11(9(6-13-2)15-16-18)10-4-5-14-17(10)3/h4-5,13H,1,6-7H2,2-3H3. The fourth-order valence-corrected chi connectivity index (χ4v) is 1.91. The lowest BCUT2D eigenvalue weighted by atomic mass is 10.2. The summed E-state index contributed by atoms with van der Waals surface area (Å²) in [5, 5.41) is 16.0. The molecule has 0 aromatic carbocycles. The molecule has 0 unspecified atom stereocenters. The summed E-state index contributed by atoms with van der Waals surface area (Å²) < 4.78 is 3.52. The fraction of sp³-hybridized carbons (Fsp3) is 0.364. The molecule has 1 N–H and O–H groups in total. The summed E-state index contributed by atoms with van der Waals surface area (Å²) in [5.74, 6) is 0. The van der Waals surface area contributed by atoms with E-state index in [2.05, 4.69) is 27.3 Å². The van der Waals surface area contributed by atoms with Gasteiger partial charge in [0.25, 0.3) is 0 Å². The van der Waals surface area contributed by atoms with Crippen molar-refractivity contribution in [1.82, 2.24) is 30.1 Å². The van der Waals surface area contributed by atoms with E-state index in [0.717, 1.165) is 17.1 Å². The molecule has 2 rings (SSSR count). The first kappa shape index (κ1) is 12.8. The van der Waals surface area contributed by atoms with Crippen LogP contribution in [-0.4, -0.2) is 31.8 Å². The summed E-state index contributed by atoms with van der Waals surface area (Å²) in [7, 11) is 3.75. The van der Waals surface area contributed by atoms with E-state index >= 15 is 0 Å². The van der Waals surface area contributed by atoms with Gasteiger partial charge in [-0.3, -0.25) is 4.68 Å². The molecule has 18 heavy (non-hydrogen) atoms. The molecule has 0 saturated carbocycles. The molecule has 2 aromatic rings. The lowest BCUT2D eigenvalue weighted by molar-refractivity contribution is 0.654. The number of nitrogens with zero attached hydrogens (tertiary/aromatic N) is 5. The summed E-state index contributed by atoms with van der Waals surface area (Å²) >= 11 is 5.85. The van der Waals surface area contributed by atoms with Crippen molar-refractivity contribution in [2.75, 3.05) is 7.05 Å². The molecule has 96 valence electrons. The highest BCUT2D eigenvalue weighted by Gasteiger charge is 2.17. The zero-order chi connectivity index (χ0) is 13.1. The number of hydrogen-bond acceptors (Lipinski definition) is 4. The van der Waals surface area contributed by atoms with Crippen LogP contribution in [-0.2, 0) is 20.1 Å². The second-order valence-corrected chi connectivity index (χ2v) is 4.46. The highest BCUT2D eigenvalue weighted by Crippen LogP contribution is 2.22. The van der Waals surface area contributed by atoms with Crippen LogP contribution in [0.4, 0.5) is 0 Å². The molecule has 0 atom stereocenters. The Balaban J connectivity index is 2.50. The normalized spacial score (nSPS) is 10.8. The van der Waals surface area contributed by atoms with Crippen LogP contribution < -0.4 is 5.32 Å². The van der Waals surface area contributed by atoms with Gasteiger partial charge in [-0.2, -0.15) is 5.10 Å². The molecule has 7 heteroatoms. The molecule has 0 radical (unpaired) electrons. The molecular weight excluding hydrogens is 252 g/mol. The highest BCUT2D eigenvalue weighted by molar-refractivity contribution is 6.29. The summed E-state index contributed by atoms with van der Waals surface area (Å²) in [6.45, 7) is 4.75. The van der Waals surface area contributed by atoms with Crippen molar-refractivity contribution in [3.8, 4) is 11.4 Å². The van der Waals surface area contributed by atoms with E-state index in [1.807, 2.05) is 20.2 Å². The molecule has 0 saturated heterocycles. The van der Waals surface area contributed by atoms with Crippen LogP contribution >= 0.6 is 11.6 Å². The Morgan fingerprint density at radius 3 is 2.89 bits per heavy atom. The van der Waals surface area contributed by atoms with Gasteiger partial charge in [0.15, 0.2) is 0 Å². The Morgan fingerprint density at radius 2 is 2.33 bits per heavy atom. The van der Waals surface area contributed by atoms with E-state index in [1.165, 1.54) is 0 Å². The molecule has 0 aliphatic heterocycles. The second kappa shape index (κ2) is 5.32. The van der Waals surface area contributed by atoms with Crippen LogP contribution in [0.3, 0.4) is 0 Å². The number of allylic oxidation sites excluding steroid dienone is 1. The first-order valence-corrected chi connectivity index (χ1v) is 5.90. The van der Waals surface area contributed by atoms with Gasteiger partial charge in [-0.05, 0) is 13.1 Å². The largest absolute Gasteiger partial charge is 0.314 e. The minimum absolute atomic E-state index is 0.429. The van der Waals surface area contributed by atoms with Gasteiger partial charge < -0.3 is 5.32 Å². The molecular formula is C11H15ClN6. The number of rotatable bonds is 5. The molecule has 0 bridgehead atoms. The third-order valence-corrected chi connectivity index (χ3v) is 2.65. The third kappa shape index (κ3) is 2.44. The van der Waals surface area contributed by atoms with Crippen molar-refractivity contribution >= 4 is 11.6 Å². The minimum atomic E-state index is 0.429. The van der Waals surface area contributed by atoms with E-state index in [0.29, 0.717) is 18.1 Å². The van der Waals surface area contributed by atoms with Crippen molar-refractivity contribution in [2.24, 2.45) is 7.05 Å². The van der Waals surface area contributed by atoms with Crippen LogP contribution in [0.2, 0.25) is 0 Å². The van der Waals surface area contributed by atoms with Crippen molar-refractivity contribution in [3.63, 3.8) is 0 Å². The molecule has 0 amide bonds. The number of aromatic nitrogens is 5. The Hall–Kier alpha value is -1.66. The lowest BCUT2D eigenvalue weighted by Gasteiger charge is -2.07. The van der Waals surface area contributed by atoms with Crippen LogP contribution in [0.1, 0.15) is 5.69 Å². The summed E-state index contributed by atoms with van der Waals surface area (Å²) in [6.07, 6.45) is 1.74. The molecule has 2 aromatic heterocycles. The average molecular weight is 267 g/mol. The first-order valence-electron chi connectivity index (χ1n) is 5.52. The predicted molar refractivity (Wildman–Crippen MR) is 70.0 cm³/mol. The Bertz CT molecular complexity index is 556. The number of aryl methyl sites for hydroxylation is 1. The highest BCUT2D eigenvalue weighted by atomic mass is 35.5. The topological polar surface area (TPSA) is 60.6 Å². The Kier molecular flexibility index (Phi) is 3.78. The molecule has 0 fully saturated rings. The molecule has 0 spiro atoms. The summed E-state index contributed by atoms with van der Waals surface area (Å²) in [5.41, 5.74) is 2.72. The molecule has 0 aliphatic carbocycles. The fourth-order valence-electron chi connectivity index (χ4n) is 1.79. The SMILES string of the molecule is C=C(Cl)Cn1nnc(CNC)c1-c1ccnn1C. The van der Waals surface area contributed by atoms with Crippen molar-refractivity contribution in [2.45, 2.75) is 13.1 Å². The molecule has 2 heterocycles. The van der Waals surface area contributed by atoms with Crippen LogP contribution in [0.25, 0.3) is 11.4 Å². The van der Waals surface area contributed by atoms with Gasteiger partial charge in [0.1, 0.15) is 11.4 Å². The second-order valence-electron chi connectivity index (χ2n) is 3.93. The van der Waals surface area contributed by atoms with E-state index in [1.54, 1.807) is 15.6 Å². The lowest BCUT2D eigenvalue weighted by Crippen LogP contribution is -2.09. The van der Waals surface area contributed by atoms with Crippen molar-refractivity contribution < 1.29 is 0 Å². The maximum absolute atomic E-state index is 5.85. The quantitative estimate of drug-likeness (QED) is 0.882. The van der Waals surface area contributed by atoms with Gasteiger partial charge in [-0.15, -0.1) is 5.10 Å². The minimum Gasteiger partial charge on any atom is -0.314 e. The first-order chi connectivity index (χ1) is 8.63. The van der Waals surface area contributed by atoms with Gasteiger partial charge in [0.2, 0.25) is 0 Å². The summed E-state index contributed by atoms with van der Waals surface area (Å²) in [6, 6.07) is 1.92. The number of hydrogen-bond donors (Lipinski definition) is 1. The van der Waals surface area contributed by atoms with Gasteiger partial charge in [0.05, 0.1) is 12.2 Å². The van der Waals surface area contributed by atoms with Crippen LogP contribution in [0, 0.1) is 0 Å². The Labute approximate surface area is 110 Å². The zero-order valence-corrected chi connectivity index (χ0v) is 11.1. The van der Waals surface area contributed by atoms with Gasteiger partial charge >= 0.3 is 0 Å². The number of halogens is 1. The maximum Gasteiger partial charge on any atom is 0.112 e. The van der Waals surface area contributed by atoms with E-state index in [4.69, 9.17) is 11.6 Å². The molecule has 6 nitrogen and oxygen atoms in total. The van der Waals surface area contributed by atoms with E-state index < -0.39 is 0 Å². The predicted octanol–water partition coefficient (Wildman–Crippen LogP) is 1.15. The van der Waals surface area contributed by atoms with E-state index in [-0.39, 0.29) is 0 Å².